The molecule has 0 radical (unpaired) electrons. The maximum Gasteiger partial charge on any atom is 0.228 e. The first-order chi connectivity index (χ1) is 9.21. The van der Waals surface area contributed by atoms with Crippen molar-refractivity contribution >= 4 is 23.5 Å². The minimum atomic E-state index is 0.219. The van der Waals surface area contributed by atoms with Crippen LogP contribution < -0.4 is 10.6 Å². The Kier molecular flexibility index (Phi) is 5.19. The predicted molar refractivity (Wildman–Crippen MR) is 78.6 cm³/mol. The maximum atomic E-state index is 5.85. The van der Waals surface area contributed by atoms with Gasteiger partial charge in [-0.15, -0.1) is 0 Å². The lowest BCUT2D eigenvalue weighted by Crippen LogP contribution is -2.22. The highest BCUT2D eigenvalue weighted by atomic mass is 35.5. The number of anilines is 2. The van der Waals surface area contributed by atoms with Gasteiger partial charge < -0.3 is 10.6 Å². The molecule has 2 N–H and O–H groups in total. The summed E-state index contributed by atoms with van der Waals surface area (Å²) in [6, 6.07) is 0. The van der Waals surface area contributed by atoms with Gasteiger partial charge in [-0.3, -0.25) is 0 Å². The van der Waals surface area contributed by atoms with Crippen molar-refractivity contribution in [1.29, 1.82) is 0 Å². The van der Waals surface area contributed by atoms with Crippen molar-refractivity contribution in [2.75, 3.05) is 24.2 Å². The number of rotatable bonds is 5. The fourth-order valence-electron chi connectivity index (χ4n) is 2.62. The summed E-state index contributed by atoms with van der Waals surface area (Å²) in [7, 11) is 1.77. The van der Waals surface area contributed by atoms with Gasteiger partial charge in [0.2, 0.25) is 17.2 Å². The summed E-state index contributed by atoms with van der Waals surface area (Å²) in [6.45, 7) is 3.20. The molecular weight excluding hydrogens is 262 g/mol. The molecule has 1 fully saturated rings. The smallest absolute Gasteiger partial charge is 0.228 e. The molecule has 19 heavy (non-hydrogen) atoms. The summed E-state index contributed by atoms with van der Waals surface area (Å²) in [6.07, 6.45) is 6.60. The number of halogens is 1. The lowest BCUT2D eigenvalue weighted by molar-refractivity contribution is 0.278. The largest absolute Gasteiger partial charge is 0.357 e. The van der Waals surface area contributed by atoms with E-state index in [4.69, 9.17) is 11.6 Å². The summed E-state index contributed by atoms with van der Waals surface area (Å²) < 4.78 is 0. The van der Waals surface area contributed by atoms with Crippen molar-refractivity contribution in [2.24, 2.45) is 11.8 Å². The van der Waals surface area contributed by atoms with Gasteiger partial charge in [0.25, 0.3) is 0 Å². The van der Waals surface area contributed by atoms with Crippen LogP contribution in [0.2, 0.25) is 5.28 Å². The van der Waals surface area contributed by atoms with Gasteiger partial charge in [0.05, 0.1) is 0 Å². The first-order valence-corrected chi connectivity index (χ1v) is 7.42. The first-order valence-electron chi connectivity index (χ1n) is 7.04. The third-order valence-electron chi connectivity index (χ3n) is 3.92. The van der Waals surface area contributed by atoms with Crippen LogP contribution in [0.5, 0.6) is 0 Å². The second kappa shape index (κ2) is 6.89. The van der Waals surface area contributed by atoms with Gasteiger partial charge in [-0.05, 0) is 36.3 Å². The molecule has 1 aromatic rings. The van der Waals surface area contributed by atoms with Gasteiger partial charge >= 0.3 is 0 Å². The van der Waals surface area contributed by atoms with Crippen LogP contribution in [0.4, 0.5) is 11.9 Å². The molecular formula is C13H22ClN5. The minimum absolute atomic E-state index is 0.219. The van der Waals surface area contributed by atoms with Gasteiger partial charge in [-0.2, -0.15) is 15.0 Å². The van der Waals surface area contributed by atoms with Crippen LogP contribution in [-0.4, -0.2) is 28.5 Å². The van der Waals surface area contributed by atoms with E-state index in [1.54, 1.807) is 7.05 Å². The highest BCUT2D eigenvalue weighted by Crippen LogP contribution is 2.30. The monoisotopic (exact) mass is 283 g/mol. The van der Waals surface area contributed by atoms with E-state index in [-0.39, 0.29) is 5.28 Å². The van der Waals surface area contributed by atoms with E-state index in [9.17, 15) is 0 Å². The zero-order chi connectivity index (χ0) is 13.7. The molecule has 0 bridgehead atoms. The van der Waals surface area contributed by atoms with Crippen molar-refractivity contribution in [3.05, 3.63) is 5.28 Å². The van der Waals surface area contributed by atoms with Crippen LogP contribution in [0, 0.1) is 11.8 Å². The molecule has 0 saturated heterocycles. The molecule has 2 rings (SSSR count). The highest BCUT2D eigenvalue weighted by Gasteiger charge is 2.20. The van der Waals surface area contributed by atoms with Crippen molar-refractivity contribution in [3.63, 3.8) is 0 Å². The van der Waals surface area contributed by atoms with E-state index in [0.717, 1.165) is 18.4 Å². The molecule has 0 spiro atoms. The summed E-state index contributed by atoms with van der Waals surface area (Å²) in [5, 5.41) is 6.37. The molecule has 0 amide bonds. The Hall–Kier alpha value is -1.10. The number of nitrogens with one attached hydrogen (secondary N) is 2. The molecule has 1 saturated carbocycles. The molecule has 0 unspecified atom stereocenters. The Morgan fingerprint density at radius 2 is 1.68 bits per heavy atom. The van der Waals surface area contributed by atoms with Crippen molar-refractivity contribution in [2.45, 2.75) is 39.0 Å². The Morgan fingerprint density at radius 3 is 2.32 bits per heavy atom. The average Bonchev–Trinajstić information content (AvgIpc) is 2.45. The standard InChI is InChI=1S/C13H22ClN5/c1-3-9-4-6-10(7-5-9)8-16-13-18-11(14)17-12(15-2)19-13/h9-10H,3-8H2,1-2H3,(H2,15,16,17,18,19). The highest BCUT2D eigenvalue weighted by molar-refractivity contribution is 6.28. The fourth-order valence-corrected chi connectivity index (χ4v) is 2.78. The third kappa shape index (κ3) is 4.20. The Balaban J connectivity index is 1.84. The van der Waals surface area contributed by atoms with Crippen LogP contribution in [0.15, 0.2) is 0 Å². The predicted octanol–water partition coefficient (Wildman–Crippen LogP) is 3.20. The quantitative estimate of drug-likeness (QED) is 0.869. The third-order valence-corrected chi connectivity index (χ3v) is 4.09. The molecule has 1 aliphatic carbocycles. The lowest BCUT2D eigenvalue weighted by Gasteiger charge is -2.27. The Labute approximate surface area is 119 Å². The molecule has 1 aromatic heterocycles. The number of hydrogen-bond acceptors (Lipinski definition) is 5. The van der Waals surface area contributed by atoms with Gasteiger partial charge in [-0.1, -0.05) is 26.2 Å². The Morgan fingerprint density at radius 1 is 1.05 bits per heavy atom. The van der Waals surface area contributed by atoms with Crippen molar-refractivity contribution in [1.82, 2.24) is 15.0 Å². The summed E-state index contributed by atoms with van der Waals surface area (Å²) in [5.74, 6) is 2.70. The molecule has 5 nitrogen and oxygen atoms in total. The van der Waals surface area contributed by atoms with E-state index in [1.807, 2.05) is 0 Å². The van der Waals surface area contributed by atoms with Gasteiger partial charge in [-0.25, -0.2) is 0 Å². The number of hydrogen-bond donors (Lipinski definition) is 2. The summed E-state index contributed by atoms with van der Waals surface area (Å²) >= 11 is 5.85. The normalized spacial score (nSPS) is 23.1. The summed E-state index contributed by atoms with van der Waals surface area (Å²) in [5.41, 5.74) is 0. The van der Waals surface area contributed by atoms with Crippen LogP contribution in [0.3, 0.4) is 0 Å². The molecule has 1 aliphatic rings. The summed E-state index contributed by atoms with van der Waals surface area (Å²) in [4.78, 5) is 12.3. The second-order valence-corrected chi connectivity index (χ2v) is 5.52. The van der Waals surface area contributed by atoms with E-state index in [0.29, 0.717) is 11.9 Å². The van der Waals surface area contributed by atoms with Gasteiger partial charge in [0.15, 0.2) is 0 Å². The van der Waals surface area contributed by atoms with E-state index < -0.39 is 0 Å². The van der Waals surface area contributed by atoms with Gasteiger partial charge in [0, 0.05) is 13.6 Å². The zero-order valence-electron chi connectivity index (χ0n) is 11.6. The zero-order valence-corrected chi connectivity index (χ0v) is 12.4. The molecule has 0 atom stereocenters. The van der Waals surface area contributed by atoms with Gasteiger partial charge in [0.1, 0.15) is 0 Å². The maximum absolute atomic E-state index is 5.85. The first kappa shape index (κ1) is 14.3. The number of nitrogens with zero attached hydrogens (tertiary/aromatic N) is 3. The van der Waals surface area contributed by atoms with E-state index in [1.165, 1.54) is 32.1 Å². The van der Waals surface area contributed by atoms with Crippen molar-refractivity contribution in [3.8, 4) is 0 Å². The average molecular weight is 284 g/mol. The van der Waals surface area contributed by atoms with E-state index in [2.05, 4.69) is 32.5 Å². The van der Waals surface area contributed by atoms with Crippen LogP contribution >= 0.6 is 11.6 Å². The molecule has 0 aliphatic heterocycles. The molecule has 106 valence electrons. The van der Waals surface area contributed by atoms with Crippen LogP contribution in [-0.2, 0) is 0 Å². The Bertz CT molecular complexity index is 404. The second-order valence-electron chi connectivity index (χ2n) is 5.18. The van der Waals surface area contributed by atoms with Crippen LogP contribution in [0.1, 0.15) is 39.0 Å². The molecule has 6 heteroatoms. The lowest BCUT2D eigenvalue weighted by atomic mass is 9.81. The van der Waals surface area contributed by atoms with Crippen LogP contribution in [0.25, 0.3) is 0 Å². The number of aromatic nitrogens is 3. The topological polar surface area (TPSA) is 62.7 Å². The minimum Gasteiger partial charge on any atom is -0.357 e. The SMILES string of the molecule is CCC1CCC(CNc2nc(Cl)nc(NC)n2)CC1. The fraction of sp³-hybridized carbons (Fsp3) is 0.769. The van der Waals surface area contributed by atoms with Crippen molar-refractivity contribution < 1.29 is 0 Å². The van der Waals surface area contributed by atoms with E-state index >= 15 is 0 Å². The molecule has 1 heterocycles. The molecule has 0 aromatic carbocycles.